The molecule has 21 heavy (non-hydrogen) atoms. The number of halogens is 6. The second kappa shape index (κ2) is 6.85. The average Bonchev–Trinajstić information content (AvgIpc) is 2.35. The summed E-state index contributed by atoms with van der Waals surface area (Å²) in [5, 5.41) is 1.72. The molecule has 0 atom stereocenters. The molecular formula is C10H11ClF5N3O2. The molecule has 0 saturated heterocycles. The Kier molecular flexibility index (Phi) is 6.30. The molecule has 11 heteroatoms. The number of hydrogen-bond acceptors (Lipinski definition) is 3. The first-order valence-corrected chi connectivity index (χ1v) is 5.23. The molecule has 0 aliphatic heterocycles. The van der Waals surface area contributed by atoms with Crippen LogP contribution in [0.2, 0.25) is 0 Å². The van der Waals surface area contributed by atoms with Crippen LogP contribution in [0.25, 0.3) is 0 Å². The molecule has 0 saturated carbocycles. The number of hydrogen-bond donors (Lipinski definition) is 3. The number of nitrogens with one attached hydrogen (secondary N) is 2. The number of pyridine rings is 1. The van der Waals surface area contributed by atoms with E-state index in [4.69, 9.17) is 5.73 Å². The molecule has 0 radical (unpaired) electrons. The van der Waals surface area contributed by atoms with E-state index in [0.717, 1.165) is 0 Å². The van der Waals surface area contributed by atoms with Crippen molar-refractivity contribution in [3.63, 3.8) is 0 Å². The van der Waals surface area contributed by atoms with Crippen LogP contribution in [0.1, 0.15) is 16.1 Å². The number of nitrogens with two attached hydrogens (primary N) is 1. The van der Waals surface area contributed by atoms with Crippen LogP contribution in [0.3, 0.4) is 0 Å². The van der Waals surface area contributed by atoms with Gasteiger partial charge in [0, 0.05) is 0 Å². The van der Waals surface area contributed by atoms with E-state index in [1.807, 2.05) is 0 Å². The van der Waals surface area contributed by atoms with Crippen molar-refractivity contribution >= 4 is 18.3 Å². The molecule has 4 N–H and O–H groups in total. The fourth-order valence-electron chi connectivity index (χ4n) is 1.19. The van der Waals surface area contributed by atoms with E-state index in [-0.39, 0.29) is 12.4 Å². The number of aromatic amines is 1. The van der Waals surface area contributed by atoms with Crippen LogP contribution in [0, 0.1) is 0 Å². The lowest BCUT2D eigenvalue weighted by Crippen LogP contribution is -2.42. The fraction of sp³-hybridized carbons (Fsp3) is 0.400. The van der Waals surface area contributed by atoms with Crippen molar-refractivity contribution < 1.29 is 26.7 Å². The van der Waals surface area contributed by atoms with Gasteiger partial charge in [0.1, 0.15) is 11.3 Å². The molecule has 0 bridgehead atoms. The number of H-pyrrole nitrogens is 1. The number of amides is 1. The highest BCUT2D eigenvalue weighted by Gasteiger charge is 2.32. The minimum absolute atomic E-state index is 0. The van der Waals surface area contributed by atoms with Gasteiger partial charge >= 0.3 is 6.18 Å². The SMILES string of the molecule is Cl.NCC(F)(F)CNC(=O)c1ccc(C(F)(F)F)[nH]c1=O. The van der Waals surface area contributed by atoms with Crippen molar-refractivity contribution in [2.75, 3.05) is 13.1 Å². The maximum absolute atomic E-state index is 12.8. The summed E-state index contributed by atoms with van der Waals surface area (Å²) in [4.78, 5) is 24.2. The fourth-order valence-corrected chi connectivity index (χ4v) is 1.19. The molecule has 1 amide bonds. The van der Waals surface area contributed by atoms with Gasteiger partial charge in [-0.15, -0.1) is 12.4 Å². The van der Waals surface area contributed by atoms with Gasteiger partial charge in [-0.05, 0) is 12.1 Å². The summed E-state index contributed by atoms with van der Waals surface area (Å²) >= 11 is 0. The summed E-state index contributed by atoms with van der Waals surface area (Å²) in [7, 11) is 0. The zero-order chi connectivity index (χ0) is 15.6. The second-order valence-electron chi connectivity index (χ2n) is 3.86. The molecule has 0 spiro atoms. The molecule has 0 aromatic carbocycles. The van der Waals surface area contributed by atoms with Crippen molar-refractivity contribution in [2.45, 2.75) is 12.1 Å². The van der Waals surface area contributed by atoms with Crippen LogP contribution in [-0.2, 0) is 6.18 Å². The number of alkyl halides is 5. The Balaban J connectivity index is 0.00000400. The van der Waals surface area contributed by atoms with Crippen molar-refractivity contribution in [3.05, 3.63) is 33.7 Å². The maximum atomic E-state index is 12.8. The first-order valence-electron chi connectivity index (χ1n) is 5.23. The van der Waals surface area contributed by atoms with Gasteiger partial charge in [0.15, 0.2) is 0 Å². The van der Waals surface area contributed by atoms with Crippen molar-refractivity contribution in [2.24, 2.45) is 5.73 Å². The van der Waals surface area contributed by atoms with Gasteiger partial charge in [-0.25, -0.2) is 8.78 Å². The normalized spacial score (nSPS) is 11.7. The number of rotatable bonds is 4. The highest BCUT2D eigenvalue weighted by atomic mass is 35.5. The summed E-state index contributed by atoms with van der Waals surface area (Å²) in [6, 6.07) is 1.08. The third kappa shape index (κ3) is 5.31. The van der Waals surface area contributed by atoms with E-state index in [0.29, 0.717) is 12.1 Å². The van der Waals surface area contributed by atoms with E-state index < -0.39 is 47.9 Å². The lowest BCUT2D eigenvalue weighted by atomic mass is 10.2. The molecule has 1 aromatic rings. The van der Waals surface area contributed by atoms with E-state index in [1.165, 1.54) is 4.98 Å². The Morgan fingerprint density at radius 2 is 1.81 bits per heavy atom. The molecule has 1 heterocycles. The van der Waals surface area contributed by atoms with Crippen LogP contribution >= 0.6 is 12.4 Å². The molecule has 0 aliphatic rings. The molecule has 0 aliphatic carbocycles. The number of aromatic nitrogens is 1. The monoisotopic (exact) mass is 335 g/mol. The van der Waals surface area contributed by atoms with Gasteiger partial charge in [0.25, 0.3) is 17.4 Å². The summed E-state index contributed by atoms with van der Waals surface area (Å²) in [6.45, 7) is -2.14. The number of carbonyl (C=O) groups excluding carboxylic acids is 1. The van der Waals surface area contributed by atoms with Crippen LogP contribution in [-0.4, -0.2) is 29.9 Å². The molecule has 1 aromatic heterocycles. The molecular weight excluding hydrogens is 325 g/mol. The van der Waals surface area contributed by atoms with Crippen LogP contribution in [0.15, 0.2) is 16.9 Å². The zero-order valence-corrected chi connectivity index (χ0v) is 11.1. The molecule has 0 unspecified atom stereocenters. The van der Waals surface area contributed by atoms with Crippen molar-refractivity contribution in [3.8, 4) is 0 Å². The Bertz CT molecular complexity index is 558. The highest BCUT2D eigenvalue weighted by Crippen LogP contribution is 2.26. The Morgan fingerprint density at radius 3 is 2.24 bits per heavy atom. The van der Waals surface area contributed by atoms with Crippen LogP contribution in [0.4, 0.5) is 22.0 Å². The largest absolute Gasteiger partial charge is 0.431 e. The summed E-state index contributed by atoms with van der Waals surface area (Å²) in [5.41, 5.74) is 1.36. The third-order valence-electron chi connectivity index (χ3n) is 2.27. The topological polar surface area (TPSA) is 88.0 Å². The standard InChI is InChI=1S/C10H10F5N3O2.ClH/c11-9(12,3-16)4-17-7(19)5-1-2-6(10(13,14)15)18-8(5)20;/h1-2H,3-4,16H2,(H,17,19)(H,18,20);1H. The first kappa shape index (κ1) is 19.3. The maximum Gasteiger partial charge on any atom is 0.431 e. The Hall–Kier alpha value is -1.68. The highest BCUT2D eigenvalue weighted by molar-refractivity contribution is 5.93. The minimum atomic E-state index is -4.78. The second-order valence-corrected chi connectivity index (χ2v) is 3.86. The van der Waals surface area contributed by atoms with E-state index in [9.17, 15) is 31.5 Å². The van der Waals surface area contributed by atoms with Gasteiger partial charge in [-0.3, -0.25) is 9.59 Å². The van der Waals surface area contributed by atoms with E-state index >= 15 is 0 Å². The zero-order valence-electron chi connectivity index (χ0n) is 10.3. The van der Waals surface area contributed by atoms with Crippen molar-refractivity contribution in [1.29, 1.82) is 0 Å². The van der Waals surface area contributed by atoms with Crippen LogP contribution in [0.5, 0.6) is 0 Å². The molecule has 5 nitrogen and oxygen atoms in total. The Morgan fingerprint density at radius 1 is 1.24 bits per heavy atom. The van der Waals surface area contributed by atoms with Crippen LogP contribution < -0.4 is 16.6 Å². The third-order valence-corrected chi connectivity index (χ3v) is 2.27. The summed E-state index contributed by atoms with van der Waals surface area (Å²) < 4.78 is 62.4. The van der Waals surface area contributed by atoms with E-state index in [2.05, 4.69) is 0 Å². The first-order chi connectivity index (χ1) is 9.07. The van der Waals surface area contributed by atoms with Gasteiger partial charge in [0.2, 0.25) is 0 Å². The summed E-state index contributed by atoms with van der Waals surface area (Å²) in [5.74, 6) is -4.58. The smallest absolute Gasteiger partial charge is 0.346 e. The molecule has 1 rings (SSSR count). The number of carbonyl (C=O) groups is 1. The minimum Gasteiger partial charge on any atom is -0.346 e. The Labute approximate surface area is 121 Å². The molecule has 0 fully saturated rings. The van der Waals surface area contributed by atoms with Gasteiger partial charge in [-0.2, -0.15) is 13.2 Å². The lowest BCUT2D eigenvalue weighted by Gasteiger charge is -2.14. The van der Waals surface area contributed by atoms with Gasteiger partial charge in [-0.1, -0.05) is 0 Å². The predicted molar refractivity (Wildman–Crippen MR) is 65.6 cm³/mol. The van der Waals surface area contributed by atoms with Gasteiger partial charge < -0.3 is 16.0 Å². The predicted octanol–water partition coefficient (Wildman–Crippen LogP) is 1.14. The quantitative estimate of drug-likeness (QED) is 0.721. The van der Waals surface area contributed by atoms with Crippen molar-refractivity contribution in [1.82, 2.24) is 10.3 Å². The lowest BCUT2D eigenvalue weighted by molar-refractivity contribution is -0.141. The molecule has 120 valence electrons. The van der Waals surface area contributed by atoms with E-state index in [1.54, 1.807) is 5.32 Å². The summed E-state index contributed by atoms with van der Waals surface area (Å²) in [6.07, 6.45) is -4.78. The van der Waals surface area contributed by atoms with Gasteiger partial charge in [0.05, 0.1) is 13.1 Å². The average molecular weight is 336 g/mol.